The van der Waals surface area contributed by atoms with E-state index in [1.54, 1.807) is 18.2 Å². The fraction of sp³-hybridized carbons (Fsp3) is 0.100. The lowest BCUT2D eigenvalue weighted by atomic mass is 10.1. The van der Waals surface area contributed by atoms with Crippen molar-refractivity contribution in [2.24, 2.45) is 0 Å². The van der Waals surface area contributed by atoms with E-state index < -0.39 is 5.97 Å². The number of hydrogen-bond donors (Lipinski definition) is 1. The number of nitrogens with one attached hydrogen (secondary N) is 1. The van der Waals surface area contributed by atoms with Crippen molar-refractivity contribution >= 4 is 44.8 Å². The van der Waals surface area contributed by atoms with Crippen LogP contribution >= 0.6 is 27.3 Å². The third-order valence-corrected chi connectivity index (χ3v) is 5.54. The van der Waals surface area contributed by atoms with Crippen LogP contribution in [0.25, 0.3) is 10.4 Å². The normalized spacial score (nSPS) is 10.5. The molecule has 0 fully saturated rings. The summed E-state index contributed by atoms with van der Waals surface area (Å²) < 4.78 is 0.921. The number of benzene rings is 2. The first-order valence-electron chi connectivity index (χ1n) is 7.89. The van der Waals surface area contributed by atoms with Crippen LogP contribution in [0.2, 0.25) is 0 Å². The van der Waals surface area contributed by atoms with Gasteiger partial charge in [0, 0.05) is 27.4 Å². The molecule has 0 unspecified atom stereocenters. The summed E-state index contributed by atoms with van der Waals surface area (Å²) in [6.07, 6.45) is -0.231. The first kappa shape index (κ1) is 18.4. The molecule has 0 saturated carbocycles. The van der Waals surface area contributed by atoms with Crippen LogP contribution in [0.1, 0.15) is 20.8 Å². The molecule has 0 bridgehead atoms. The summed E-state index contributed by atoms with van der Waals surface area (Å²) in [6.45, 7) is 1.98. The van der Waals surface area contributed by atoms with Crippen LogP contribution in [0.4, 0.5) is 5.69 Å². The van der Waals surface area contributed by atoms with Crippen molar-refractivity contribution < 1.29 is 14.7 Å². The topological polar surface area (TPSA) is 69.2 Å². The molecule has 0 aliphatic rings. The zero-order valence-corrected chi connectivity index (χ0v) is 16.3. The Morgan fingerprint density at radius 3 is 2.35 bits per heavy atom. The number of rotatable bonds is 5. The van der Waals surface area contributed by atoms with Crippen LogP contribution in [0.3, 0.4) is 0 Å². The van der Waals surface area contributed by atoms with E-state index in [9.17, 15) is 14.7 Å². The number of anilines is 1. The summed E-state index contributed by atoms with van der Waals surface area (Å²) >= 11 is 4.63. The Kier molecular flexibility index (Phi) is 5.54. The Morgan fingerprint density at radius 2 is 1.73 bits per heavy atom. The summed E-state index contributed by atoms with van der Waals surface area (Å²) in [6, 6.07) is 16.7. The van der Waals surface area contributed by atoms with Gasteiger partial charge in [-0.1, -0.05) is 45.8 Å². The van der Waals surface area contributed by atoms with E-state index in [4.69, 9.17) is 0 Å². The van der Waals surface area contributed by atoms with Gasteiger partial charge in [-0.2, -0.15) is 0 Å². The van der Waals surface area contributed by atoms with Gasteiger partial charge in [-0.05, 0) is 48.4 Å². The lowest BCUT2D eigenvalue weighted by Gasteiger charge is -2.05. The van der Waals surface area contributed by atoms with Crippen molar-refractivity contribution in [3.8, 4) is 10.4 Å². The first-order valence-corrected chi connectivity index (χ1v) is 9.50. The van der Waals surface area contributed by atoms with Crippen molar-refractivity contribution in [3.05, 3.63) is 75.1 Å². The smallest absolute Gasteiger partial charge is 0.265 e. The summed E-state index contributed by atoms with van der Waals surface area (Å²) in [4.78, 5) is 24.9. The van der Waals surface area contributed by atoms with Gasteiger partial charge < -0.3 is 15.2 Å². The molecule has 0 atom stereocenters. The van der Waals surface area contributed by atoms with Gasteiger partial charge in [0.1, 0.15) is 0 Å². The molecule has 3 rings (SSSR count). The lowest BCUT2D eigenvalue weighted by molar-refractivity contribution is -0.304. The minimum absolute atomic E-state index is 0.231. The van der Waals surface area contributed by atoms with E-state index in [1.807, 2.05) is 43.3 Å². The van der Waals surface area contributed by atoms with Crippen LogP contribution in [0.15, 0.2) is 59.1 Å². The number of thiophene rings is 1. The van der Waals surface area contributed by atoms with Gasteiger partial charge in [0.2, 0.25) is 0 Å². The van der Waals surface area contributed by atoms with E-state index in [2.05, 4.69) is 21.2 Å². The average Bonchev–Trinajstić information content (AvgIpc) is 3.01. The second-order valence-corrected chi connectivity index (χ2v) is 7.81. The highest BCUT2D eigenvalue weighted by atomic mass is 79.9. The summed E-state index contributed by atoms with van der Waals surface area (Å²) in [7, 11) is 0. The molecule has 4 nitrogen and oxygen atoms in total. The standard InChI is InChI=1S/C20H16BrNO3S/c1-12-2-4-13(5-3-12)19-14(11-18(23)24)10-17(26-19)20(25)22-16-8-6-15(21)7-9-16/h2-10H,11H2,1H3,(H,22,25)(H,23,24)/p-1. The highest BCUT2D eigenvalue weighted by molar-refractivity contribution is 9.10. The SMILES string of the molecule is Cc1ccc(-c2sc(C(=O)Nc3ccc(Br)cc3)cc2CC(=O)[O-])cc1. The zero-order chi connectivity index (χ0) is 18.7. The predicted molar refractivity (Wildman–Crippen MR) is 105 cm³/mol. The molecule has 0 saturated heterocycles. The van der Waals surface area contributed by atoms with Crippen LogP contribution in [0, 0.1) is 6.92 Å². The Bertz CT molecular complexity index is 946. The molecule has 0 radical (unpaired) electrons. The van der Waals surface area contributed by atoms with Gasteiger partial charge in [0.15, 0.2) is 0 Å². The second-order valence-electron chi connectivity index (χ2n) is 5.84. The molecule has 2 aromatic carbocycles. The molecule has 0 spiro atoms. The quantitative estimate of drug-likeness (QED) is 0.666. The van der Waals surface area contributed by atoms with E-state index in [1.165, 1.54) is 11.3 Å². The van der Waals surface area contributed by atoms with Gasteiger partial charge in [0.05, 0.1) is 4.88 Å². The number of carbonyl (C=O) groups excluding carboxylic acids is 2. The van der Waals surface area contributed by atoms with E-state index in [0.717, 1.165) is 20.5 Å². The zero-order valence-electron chi connectivity index (χ0n) is 13.9. The van der Waals surface area contributed by atoms with Gasteiger partial charge in [-0.25, -0.2) is 0 Å². The molecule has 132 valence electrons. The first-order chi connectivity index (χ1) is 12.4. The Hall–Kier alpha value is -2.44. The number of hydrogen-bond acceptors (Lipinski definition) is 4. The minimum Gasteiger partial charge on any atom is -0.550 e. The van der Waals surface area contributed by atoms with Crippen LogP contribution in [0.5, 0.6) is 0 Å². The monoisotopic (exact) mass is 428 g/mol. The van der Waals surface area contributed by atoms with E-state index in [-0.39, 0.29) is 12.3 Å². The number of carboxylic acids is 1. The van der Waals surface area contributed by atoms with Crippen molar-refractivity contribution in [1.29, 1.82) is 0 Å². The maximum Gasteiger partial charge on any atom is 0.265 e. The van der Waals surface area contributed by atoms with Crippen LogP contribution in [-0.4, -0.2) is 11.9 Å². The summed E-state index contributed by atoms with van der Waals surface area (Å²) in [5, 5.41) is 13.9. The number of carbonyl (C=O) groups is 2. The molecule has 1 aromatic heterocycles. The largest absolute Gasteiger partial charge is 0.550 e. The molecule has 1 N–H and O–H groups in total. The Balaban J connectivity index is 1.92. The molecular weight excluding hydrogens is 414 g/mol. The Labute approximate surface area is 163 Å². The van der Waals surface area contributed by atoms with Crippen molar-refractivity contribution in [2.75, 3.05) is 5.32 Å². The molecule has 26 heavy (non-hydrogen) atoms. The van der Waals surface area contributed by atoms with Gasteiger partial charge >= 0.3 is 0 Å². The van der Waals surface area contributed by atoms with Crippen molar-refractivity contribution in [3.63, 3.8) is 0 Å². The molecule has 1 heterocycles. The number of aryl methyl sites for hydroxylation is 1. The summed E-state index contributed by atoms with van der Waals surface area (Å²) in [5.74, 6) is -1.44. The van der Waals surface area contributed by atoms with E-state index >= 15 is 0 Å². The van der Waals surface area contributed by atoms with Gasteiger partial charge in [-0.15, -0.1) is 11.3 Å². The summed E-state index contributed by atoms with van der Waals surface area (Å²) in [5.41, 5.74) is 3.25. The molecule has 3 aromatic rings. The minimum atomic E-state index is -1.17. The van der Waals surface area contributed by atoms with E-state index in [0.29, 0.717) is 16.1 Å². The third-order valence-electron chi connectivity index (χ3n) is 3.78. The lowest BCUT2D eigenvalue weighted by Crippen LogP contribution is -2.24. The predicted octanol–water partition coefficient (Wildman–Crippen LogP) is 4.03. The number of aliphatic carboxylic acids is 1. The molecular formula is C20H15BrNO3S-. The van der Waals surface area contributed by atoms with Crippen LogP contribution < -0.4 is 10.4 Å². The Morgan fingerprint density at radius 1 is 1.08 bits per heavy atom. The highest BCUT2D eigenvalue weighted by Crippen LogP contribution is 2.34. The fourth-order valence-corrected chi connectivity index (χ4v) is 3.85. The number of halogens is 1. The molecule has 0 aliphatic heterocycles. The molecule has 6 heteroatoms. The average molecular weight is 429 g/mol. The van der Waals surface area contributed by atoms with Gasteiger partial charge in [-0.3, -0.25) is 4.79 Å². The van der Waals surface area contributed by atoms with Crippen molar-refractivity contribution in [2.45, 2.75) is 13.3 Å². The molecule has 0 aliphatic carbocycles. The third kappa shape index (κ3) is 4.39. The second kappa shape index (κ2) is 7.85. The number of amides is 1. The maximum atomic E-state index is 12.6. The highest BCUT2D eigenvalue weighted by Gasteiger charge is 2.16. The van der Waals surface area contributed by atoms with Gasteiger partial charge in [0.25, 0.3) is 5.91 Å². The molecule has 1 amide bonds. The maximum absolute atomic E-state index is 12.6. The fourth-order valence-electron chi connectivity index (χ4n) is 2.50. The number of carboxylic acid groups (broad SMARTS) is 1. The van der Waals surface area contributed by atoms with Crippen LogP contribution in [-0.2, 0) is 11.2 Å². The van der Waals surface area contributed by atoms with Crippen molar-refractivity contribution in [1.82, 2.24) is 0 Å².